The summed E-state index contributed by atoms with van der Waals surface area (Å²) in [5, 5.41) is 1.75. The largest absolute Gasteiger partial charge is 0.496 e. The van der Waals surface area contributed by atoms with Gasteiger partial charge in [-0.2, -0.15) is 0 Å². The Labute approximate surface area is 97.7 Å². The number of hydrogen-bond acceptors (Lipinski definition) is 3. The fraction of sp³-hybridized carbons (Fsp3) is 0.154. The molecule has 3 nitrogen and oxygen atoms in total. The molecule has 17 heavy (non-hydrogen) atoms. The van der Waals surface area contributed by atoms with Crippen molar-refractivity contribution in [2.45, 2.75) is 6.42 Å². The number of halogens is 1. The highest BCUT2D eigenvalue weighted by atomic mass is 19.3. The van der Waals surface area contributed by atoms with Gasteiger partial charge in [0.15, 0.2) is 0 Å². The second kappa shape index (κ2) is 4.82. The molecular weight excluding hydrogens is 223 g/mol. The molecule has 0 aromatic heterocycles. The lowest BCUT2D eigenvalue weighted by molar-refractivity contribution is -0.182. The van der Waals surface area contributed by atoms with E-state index in [4.69, 9.17) is 4.74 Å². The number of hydrogen-bond donors (Lipinski definition) is 0. The van der Waals surface area contributed by atoms with Crippen LogP contribution in [0.25, 0.3) is 10.8 Å². The van der Waals surface area contributed by atoms with Crippen molar-refractivity contribution in [3.63, 3.8) is 0 Å². The molecule has 0 amide bonds. The zero-order valence-corrected chi connectivity index (χ0v) is 9.27. The molecule has 0 aliphatic carbocycles. The van der Waals surface area contributed by atoms with Crippen molar-refractivity contribution in [1.29, 1.82) is 0 Å². The van der Waals surface area contributed by atoms with Gasteiger partial charge in [0.05, 0.1) is 13.5 Å². The van der Waals surface area contributed by atoms with Crippen LogP contribution in [0.4, 0.5) is 4.53 Å². The Morgan fingerprint density at radius 1 is 1.18 bits per heavy atom. The molecule has 0 aliphatic rings. The summed E-state index contributed by atoms with van der Waals surface area (Å²) in [4.78, 5) is 14.1. The first-order valence-electron chi connectivity index (χ1n) is 5.12. The van der Waals surface area contributed by atoms with Crippen LogP contribution in [0.3, 0.4) is 0 Å². The Balaban J connectivity index is 2.54. The van der Waals surface area contributed by atoms with Crippen LogP contribution in [0, 0.1) is 0 Å². The van der Waals surface area contributed by atoms with Crippen molar-refractivity contribution in [3.8, 4) is 5.75 Å². The van der Waals surface area contributed by atoms with E-state index in [0.717, 1.165) is 16.5 Å². The molecule has 0 fully saturated rings. The van der Waals surface area contributed by atoms with E-state index >= 15 is 0 Å². The third kappa shape index (κ3) is 2.20. The molecule has 0 radical (unpaired) electrons. The van der Waals surface area contributed by atoms with Gasteiger partial charge in [0.2, 0.25) is 0 Å². The minimum atomic E-state index is -0.902. The summed E-state index contributed by atoms with van der Waals surface area (Å²) in [7, 11) is 1.58. The van der Waals surface area contributed by atoms with E-state index in [1.165, 1.54) is 0 Å². The van der Waals surface area contributed by atoms with Crippen LogP contribution in [-0.4, -0.2) is 13.1 Å². The van der Waals surface area contributed by atoms with Crippen LogP contribution in [-0.2, 0) is 16.2 Å². The lowest BCUT2D eigenvalue weighted by Gasteiger charge is -2.08. The predicted octanol–water partition coefficient (Wildman–Crippen LogP) is 2.82. The van der Waals surface area contributed by atoms with Crippen LogP contribution >= 0.6 is 0 Å². The Morgan fingerprint density at radius 3 is 2.59 bits per heavy atom. The summed E-state index contributed by atoms with van der Waals surface area (Å²) < 4.78 is 17.0. The molecule has 0 heterocycles. The Morgan fingerprint density at radius 2 is 1.88 bits per heavy atom. The van der Waals surface area contributed by atoms with Crippen molar-refractivity contribution in [2.24, 2.45) is 0 Å². The van der Waals surface area contributed by atoms with Crippen LogP contribution in [0.1, 0.15) is 5.56 Å². The summed E-state index contributed by atoms with van der Waals surface area (Å²) in [6.45, 7) is 0. The highest BCUT2D eigenvalue weighted by Crippen LogP contribution is 2.28. The van der Waals surface area contributed by atoms with E-state index < -0.39 is 5.97 Å². The SMILES string of the molecule is COc1cccc2c(CC(=O)OF)cccc12. The van der Waals surface area contributed by atoms with Crippen molar-refractivity contribution in [3.05, 3.63) is 42.0 Å². The van der Waals surface area contributed by atoms with Gasteiger partial charge in [0.25, 0.3) is 0 Å². The lowest BCUT2D eigenvalue weighted by Crippen LogP contribution is -2.02. The van der Waals surface area contributed by atoms with E-state index in [1.54, 1.807) is 19.2 Å². The molecule has 0 atom stereocenters. The van der Waals surface area contributed by atoms with Gasteiger partial charge in [-0.25, -0.2) is 4.79 Å². The number of ether oxygens (including phenoxy) is 1. The number of fused-ring (bicyclic) bond motifs is 1. The third-order valence-electron chi connectivity index (χ3n) is 2.61. The summed E-state index contributed by atoms with van der Waals surface area (Å²) in [6.07, 6.45) is -0.0962. The number of methoxy groups -OCH3 is 1. The number of rotatable bonds is 3. The average Bonchev–Trinajstić information content (AvgIpc) is 2.38. The Hall–Kier alpha value is -2.10. The van der Waals surface area contributed by atoms with Crippen LogP contribution in [0.2, 0.25) is 0 Å². The summed E-state index contributed by atoms with van der Waals surface area (Å²) in [5.74, 6) is -0.182. The molecular formula is C13H11FO3. The normalized spacial score (nSPS) is 10.2. The molecule has 0 unspecified atom stereocenters. The minimum absolute atomic E-state index is 0.0962. The average molecular weight is 234 g/mol. The molecule has 2 rings (SSSR count). The van der Waals surface area contributed by atoms with E-state index in [2.05, 4.69) is 4.94 Å². The zero-order chi connectivity index (χ0) is 12.3. The maximum atomic E-state index is 11.7. The number of benzene rings is 2. The molecule has 0 N–H and O–H groups in total. The predicted molar refractivity (Wildman–Crippen MR) is 61.4 cm³/mol. The minimum Gasteiger partial charge on any atom is -0.496 e. The topological polar surface area (TPSA) is 35.5 Å². The summed E-state index contributed by atoms with van der Waals surface area (Å²) in [6, 6.07) is 11.0. The van der Waals surface area contributed by atoms with Crippen LogP contribution < -0.4 is 4.74 Å². The monoisotopic (exact) mass is 234 g/mol. The van der Waals surface area contributed by atoms with Gasteiger partial charge in [0.1, 0.15) is 5.75 Å². The Bertz CT molecular complexity index is 551. The van der Waals surface area contributed by atoms with Crippen molar-refractivity contribution < 1.29 is 19.0 Å². The fourth-order valence-corrected chi connectivity index (χ4v) is 1.86. The second-order valence-electron chi connectivity index (χ2n) is 3.60. The summed E-state index contributed by atoms with van der Waals surface area (Å²) >= 11 is 0. The number of carbonyl (C=O) groups is 1. The maximum absolute atomic E-state index is 11.7. The third-order valence-corrected chi connectivity index (χ3v) is 2.61. The molecule has 0 spiro atoms. The smallest absolute Gasteiger partial charge is 0.353 e. The van der Waals surface area contributed by atoms with E-state index in [9.17, 15) is 9.32 Å². The zero-order valence-electron chi connectivity index (χ0n) is 9.27. The first-order valence-corrected chi connectivity index (χ1v) is 5.12. The first-order chi connectivity index (χ1) is 8.26. The molecule has 2 aromatic rings. The van der Waals surface area contributed by atoms with Gasteiger partial charge in [0, 0.05) is 9.91 Å². The maximum Gasteiger partial charge on any atom is 0.353 e. The highest BCUT2D eigenvalue weighted by molar-refractivity contribution is 5.93. The van der Waals surface area contributed by atoms with Crippen LogP contribution in [0.15, 0.2) is 36.4 Å². The molecule has 0 bridgehead atoms. The van der Waals surface area contributed by atoms with Gasteiger partial charge in [-0.15, -0.1) is 0 Å². The molecule has 2 aromatic carbocycles. The van der Waals surface area contributed by atoms with Gasteiger partial charge < -0.3 is 4.74 Å². The van der Waals surface area contributed by atoms with Crippen LogP contribution in [0.5, 0.6) is 5.75 Å². The molecule has 0 saturated heterocycles. The molecule has 88 valence electrons. The van der Waals surface area contributed by atoms with E-state index in [-0.39, 0.29) is 6.42 Å². The van der Waals surface area contributed by atoms with Crippen molar-refractivity contribution in [2.75, 3.05) is 7.11 Å². The van der Waals surface area contributed by atoms with Crippen molar-refractivity contribution in [1.82, 2.24) is 0 Å². The second-order valence-corrected chi connectivity index (χ2v) is 3.60. The quantitative estimate of drug-likeness (QED) is 0.819. The van der Waals surface area contributed by atoms with E-state index in [1.807, 2.05) is 24.3 Å². The van der Waals surface area contributed by atoms with Gasteiger partial charge in [-0.3, -0.25) is 4.94 Å². The van der Waals surface area contributed by atoms with Gasteiger partial charge >= 0.3 is 5.97 Å². The van der Waals surface area contributed by atoms with Crippen molar-refractivity contribution >= 4 is 16.7 Å². The fourth-order valence-electron chi connectivity index (χ4n) is 1.86. The lowest BCUT2D eigenvalue weighted by atomic mass is 10.0. The Kier molecular flexibility index (Phi) is 3.23. The van der Waals surface area contributed by atoms with Gasteiger partial charge in [-0.1, -0.05) is 30.3 Å². The standard InChI is InChI=1S/C13H11FO3/c1-16-12-7-3-5-10-9(8-13(15)17-14)4-2-6-11(10)12/h2-7H,8H2,1H3. The molecule has 4 heteroatoms. The van der Waals surface area contributed by atoms with Gasteiger partial charge in [-0.05, 0) is 17.0 Å². The highest BCUT2D eigenvalue weighted by Gasteiger charge is 2.10. The summed E-state index contributed by atoms with van der Waals surface area (Å²) in [5.41, 5.74) is 0.712. The van der Waals surface area contributed by atoms with E-state index in [0.29, 0.717) is 5.56 Å². The molecule has 0 saturated carbocycles. The first kappa shape index (κ1) is 11.4. The molecule has 0 aliphatic heterocycles. The number of carbonyl (C=O) groups excluding carboxylic acids is 1.